The number of hydrogen-bond acceptors (Lipinski definition) is 5. The summed E-state index contributed by atoms with van der Waals surface area (Å²) in [6, 6.07) is 18.4. The highest BCUT2D eigenvalue weighted by atomic mass is 32.2. The standard InChI is InChI=1S/C20H18N2O3S2/c1-25-14-9-7-13(8-10-14)19(23)21-22-20(24)18-12-11-17(27-18)15-5-3-4-6-16(15)26-2/h3-12H,1-2H3,(H,21,23)(H,22,24). The van der Waals surface area contributed by atoms with Crippen molar-refractivity contribution in [1.82, 2.24) is 10.9 Å². The van der Waals surface area contributed by atoms with E-state index in [9.17, 15) is 9.59 Å². The molecule has 5 nitrogen and oxygen atoms in total. The summed E-state index contributed by atoms with van der Waals surface area (Å²) in [6.45, 7) is 0. The van der Waals surface area contributed by atoms with Gasteiger partial charge < -0.3 is 4.74 Å². The van der Waals surface area contributed by atoms with Crippen LogP contribution in [0.1, 0.15) is 20.0 Å². The second-order valence-corrected chi connectivity index (χ2v) is 7.43. The van der Waals surface area contributed by atoms with Crippen molar-refractivity contribution in [3.05, 3.63) is 71.1 Å². The Kier molecular flexibility index (Phi) is 6.16. The van der Waals surface area contributed by atoms with E-state index in [1.165, 1.54) is 11.3 Å². The van der Waals surface area contributed by atoms with Gasteiger partial charge in [-0.3, -0.25) is 20.4 Å². The molecular weight excluding hydrogens is 380 g/mol. The Labute approximate surface area is 165 Å². The molecule has 2 aromatic carbocycles. The number of thiophene rings is 1. The molecule has 2 amide bonds. The summed E-state index contributed by atoms with van der Waals surface area (Å²) in [5.74, 6) is -0.0857. The van der Waals surface area contributed by atoms with Gasteiger partial charge in [-0.1, -0.05) is 18.2 Å². The number of benzene rings is 2. The van der Waals surface area contributed by atoms with E-state index in [0.29, 0.717) is 16.2 Å². The van der Waals surface area contributed by atoms with Crippen LogP contribution in [0, 0.1) is 0 Å². The number of amides is 2. The van der Waals surface area contributed by atoms with Crippen LogP contribution in [0.2, 0.25) is 0 Å². The summed E-state index contributed by atoms with van der Waals surface area (Å²) >= 11 is 3.05. The molecule has 27 heavy (non-hydrogen) atoms. The van der Waals surface area contributed by atoms with Crippen LogP contribution < -0.4 is 15.6 Å². The highest BCUT2D eigenvalue weighted by Gasteiger charge is 2.13. The smallest absolute Gasteiger partial charge is 0.279 e. The zero-order valence-electron chi connectivity index (χ0n) is 14.8. The number of hydrazine groups is 1. The average molecular weight is 399 g/mol. The van der Waals surface area contributed by atoms with Crippen LogP contribution in [0.3, 0.4) is 0 Å². The topological polar surface area (TPSA) is 67.4 Å². The Hall–Kier alpha value is -2.77. The van der Waals surface area contributed by atoms with Gasteiger partial charge in [0.15, 0.2) is 0 Å². The van der Waals surface area contributed by atoms with Crippen molar-refractivity contribution in [1.29, 1.82) is 0 Å². The summed E-state index contributed by atoms with van der Waals surface area (Å²) < 4.78 is 5.06. The maximum Gasteiger partial charge on any atom is 0.279 e. The van der Waals surface area contributed by atoms with E-state index in [-0.39, 0.29) is 5.91 Å². The van der Waals surface area contributed by atoms with Crippen LogP contribution in [0.15, 0.2) is 65.6 Å². The number of nitrogens with one attached hydrogen (secondary N) is 2. The van der Waals surface area contributed by atoms with Crippen LogP contribution in [-0.4, -0.2) is 25.2 Å². The number of carbonyl (C=O) groups is 2. The summed E-state index contributed by atoms with van der Waals surface area (Å²) in [4.78, 5) is 27.1. The van der Waals surface area contributed by atoms with Crippen molar-refractivity contribution >= 4 is 34.9 Å². The molecule has 2 N–H and O–H groups in total. The third-order valence-electron chi connectivity index (χ3n) is 3.84. The first-order valence-electron chi connectivity index (χ1n) is 8.10. The van der Waals surface area contributed by atoms with E-state index < -0.39 is 5.91 Å². The number of carbonyl (C=O) groups excluding carboxylic acids is 2. The van der Waals surface area contributed by atoms with Gasteiger partial charge in [0.05, 0.1) is 12.0 Å². The van der Waals surface area contributed by atoms with Crippen molar-refractivity contribution in [2.24, 2.45) is 0 Å². The van der Waals surface area contributed by atoms with E-state index in [1.54, 1.807) is 49.2 Å². The second-order valence-electron chi connectivity index (χ2n) is 5.50. The maximum atomic E-state index is 12.3. The van der Waals surface area contributed by atoms with Crippen LogP contribution in [0.4, 0.5) is 0 Å². The van der Waals surface area contributed by atoms with Gasteiger partial charge >= 0.3 is 0 Å². The van der Waals surface area contributed by atoms with Gasteiger partial charge in [0.2, 0.25) is 0 Å². The van der Waals surface area contributed by atoms with E-state index in [2.05, 4.69) is 16.9 Å². The lowest BCUT2D eigenvalue weighted by atomic mass is 10.2. The Bertz CT molecular complexity index is 952. The average Bonchev–Trinajstić information content (AvgIpc) is 3.22. The Balaban J connectivity index is 1.65. The zero-order chi connectivity index (χ0) is 19.2. The van der Waals surface area contributed by atoms with E-state index >= 15 is 0 Å². The number of hydrogen-bond donors (Lipinski definition) is 2. The van der Waals surface area contributed by atoms with Crippen LogP contribution in [-0.2, 0) is 0 Å². The lowest BCUT2D eigenvalue weighted by molar-refractivity contribution is 0.0849. The normalized spacial score (nSPS) is 10.3. The zero-order valence-corrected chi connectivity index (χ0v) is 16.4. The molecule has 0 fully saturated rings. The Morgan fingerprint density at radius 1 is 0.926 bits per heavy atom. The predicted molar refractivity (Wildman–Crippen MR) is 109 cm³/mol. The largest absolute Gasteiger partial charge is 0.497 e. The molecule has 0 bridgehead atoms. The first kappa shape index (κ1) is 19.0. The van der Waals surface area contributed by atoms with Crippen molar-refractivity contribution in [3.63, 3.8) is 0 Å². The molecule has 138 valence electrons. The monoisotopic (exact) mass is 398 g/mol. The molecule has 0 saturated heterocycles. The van der Waals surface area contributed by atoms with Gasteiger partial charge in [-0.05, 0) is 48.7 Å². The fourth-order valence-electron chi connectivity index (χ4n) is 2.44. The summed E-state index contributed by atoms with van der Waals surface area (Å²) in [5.41, 5.74) is 6.41. The molecule has 0 aliphatic rings. The Morgan fingerprint density at radius 2 is 1.63 bits per heavy atom. The molecule has 0 saturated carbocycles. The molecule has 1 aromatic heterocycles. The van der Waals surface area contributed by atoms with E-state index in [0.717, 1.165) is 15.3 Å². The molecule has 0 aliphatic heterocycles. The molecule has 0 atom stereocenters. The Morgan fingerprint density at radius 3 is 2.33 bits per heavy atom. The maximum absolute atomic E-state index is 12.3. The fraction of sp³-hybridized carbons (Fsp3) is 0.100. The van der Waals surface area contributed by atoms with Crippen LogP contribution >= 0.6 is 23.1 Å². The summed E-state index contributed by atoms with van der Waals surface area (Å²) in [5, 5.41) is 0. The number of thioether (sulfide) groups is 1. The quantitative estimate of drug-likeness (QED) is 0.499. The van der Waals surface area contributed by atoms with Gasteiger partial charge in [0, 0.05) is 20.9 Å². The molecule has 3 rings (SSSR count). The molecule has 0 radical (unpaired) electrons. The van der Waals surface area contributed by atoms with Crippen molar-refractivity contribution in [3.8, 4) is 16.2 Å². The minimum atomic E-state index is -0.393. The number of methoxy groups -OCH3 is 1. The minimum absolute atomic E-state index is 0.352. The number of rotatable bonds is 5. The van der Waals surface area contributed by atoms with E-state index in [4.69, 9.17) is 4.74 Å². The molecule has 0 aliphatic carbocycles. The van der Waals surface area contributed by atoms with Crippen LogP contribution in [0.25, 0.3) is 10.4 Å². The van der Waals surface area contributed by atoms with Crippen molar-refractivity contribution < 1.29 is 14.3 Å². The SMILES string of the molecule is COc1ccc(C(=O)NNC(=O)c2ccc(-c3ccccc3SC)s2)cc1. The highest BCUT2D eigenvalue weighted by molar-refractivity contribution is 7.98. The first-order chi connectivity index (χ1) is 13.1. The lowest BCUT2D eigenvalue weighted by Crippen LogP contribution is -2.41. The molecule has 3 aromatic rings. The molecule has 1 heterocycles. The molecule has 7 heteroatoms. The van der Waals surface area contributed by atoms with Gasteiger partial charge in [-0.2, -0.15) is 0 Å². The molecule has 0 unspecified atom stereocenters. The lowest BCUT2D eigenvalue weighted by Gasteiger charge is -2.07. The second kappa shape index (κ2) is 8.75. The minimum Gasteiger partial charge on any atom is -0.497 e. The van der Waals surface area contributed by atoms with E-state index in [1.807, 2.05) is 30.5 Å². The third kappa shape index (κ3) is 4.50. The summed E-state index contributed by atoms with van der Waals surface area (Å²) in [7, 11) is 1.56. The predicted octanol–water partition coefficient (Wildman–Crippen LogP) is 4.22. The van der Waals surface area contributed by atoms with Gasteiger partial charge in [-0.15, -0.1) is 23.1 Å². The first-order valence-corrected chi connectivity index (χ1v) is 10.1. The highest BCUT2D eigenvalue weighted by Crippen LogP contribution is 2.34. The molecular formula is C20H18N2O3S2. The molecule has 0 spiro atoms. The van der Waals surface area contributed by atoms with Gasteiger partial charge in [-0.25, -0.2) is 0 Å². The fourth-order valence-corrected chi connectivity index (χ4v) is 4.06. The van der Waals surface area contributed by atoms with Crippen molar-refractivity contribution in [2.45, 2.75) is 4.90 Å². The van der Waals surface area contributed by atoms with Crippen LogP contribution in [0.5, 0.6) is 5.75 Å². The third-order valence-corrected chi connectivity index (χ3v) is 5.76. The summed E-state index contributed by atoms with van der Waals surface area (Å²) in [6.07, 6.45) is 2.02. The number of ether oxygens (including phenoxy) is 1. The van der Waals surface area contributed by atoms with Crippen molar-refractivity contribution in [2.75, 3.05) is 13.4 Å². The van der Waals surface area contributed by atoms with Gasteiger partial charge in [0.25, 0.3) is 11.8 Å². The van der Waals surface area contributed by atoms with Gasteiger partial charge in [0.1, 0.15) is 5.75 Å².